The Balaban J connectivity index is 1.64. The number of hydrogen-bond donors (Lipinski definition) is 2. The zero-order valence-electron chi connectivity index (χ0n) is 14.4. The molecule has 2 N–H and O–H groups in total. The van der Waals surface area contributed by atoms with Crippen molar-refractivity contribution in [3.8, 4) is 0 Å². The average Bonchev–Trinajstić information content (AvgIpc) is 3.16. The molecule has 6 heteroatoms. The maximum absolute atomic E-state index is 13.3. The largest absolute Gasteiger partial charge is 0.548 e. The monoisotopic (exact) mass is 365 g/mol. The van der Waals surface area contributed by atoms with Gasteiger partial charge in [0, 0.05) is 17.2 Å². The standard InChI is InChI=1S/C21H19FN2O3/c22-14-7-4-12(5-8-14)20-16-3-1-2-15(16)17-10-13(6-9-18(17)24-20)21(27)23-11-19(25)26/h1-2,4-10,15-16,20,24H,3,11H2,(H,23,27)(H,25,26)/p-1/t15-,16+,20+/m0/s1. The van der Waals surface area contributed by atoms with Gasteiger partial charge in [-0.2, -0.15) is 0 Å². The first kappa shape index (κ1) is 17.3. The first-order valence-electron chi connectivity index (χ1n) is 8.83. The summed E-state index contributed by atoms with van der Waals surface area (Å²) in [5.41, 5.74) is 3.37. The average molecular weight is 365 g/mol. The zero-order valence-corrected chi connectivity index (χ0v) is 14.4. The molecule has 1 amide bonds. The van der Waals surface area contributed by atoms with E-state index < -0.39 is 18.4 Å². The van der Waals surface area contributed by atoms with Crippen molar-refractivity contribution in [1.82, 2.24) is 5.32 Å². The number of carbonyl (C=O) groups is 2. The van der Waals surface area contributed by atoms with E-state index in [9.17, 15) is 19.1 Å². The van der Waals surface area contributed by atoms with Crippen LogP contribution in [0.1, 0.15) is 39.9 Å². The third kappa shape index (κ3) is 3.30. The third-order valence-corrected chi connectivity index (χ3v) is 5.25. The number of aliphatic carboxylic acids is 1. The molecule has 4 rings (SSSR count). The predicted molar refractivity (Wildman–Crippen MR) is 96.5 cm³/mol. The lowest BCUT2D eigenvalue weighted by molar-refractivity contribution is -0.303. The van der Waals surface area contributed by atoms with Crippen molar-refractivity contribution in [3.63, 3.8) is 0 Å². The van der Waals surface area contributed by atoms with Gasteiger partial charge in [-0.1, -0.05) is 24.3 Å². The van der Waals surface area contributed by atoms with Crippen molar-refractivity contribution in [2.45, 2.75) is 18.4 Å². The highest BCUT2D eigenvalue weighted by molar-refractivity contribution is 5.96. The van der Waals surface area contributed by atoms with Gasteiger partial charge in [0.05, 0.1) is 18.6 Å². The van der Waals surface area contributed by atoms with Gasteiger partial charge in [0.2, 0.25) is 0 Å². The van der Waals surface area contributed by atoms with Crippen LogP contribution < -0.4 is 15.7 Å². The number of rotatable bonds is 4. The van der Waals surface area contributed by atoms with Gasteiger partial charge >= 0.3 is 0 Å². The predicted octanol–water partition coefficient (Wildman–Crippen LogP) is 2.13. The molecule has 3 atom stereocenters. The summed E-state index contributed by atoms with van der Waals surface area (Å²) in [7, 11) is 0. The Morgan fingerprint density at radius 3 is 2.70 bits per heavy atom. The summed E-state index contributed by atoms with van der Waals surface area (Å²) in [6.45, 7) is -0.521. The van der Waals surface area contributed by atoms with Crippen molar-refractivity contribution >= 4 is 17.6 Å². The fraction of sp³-hybridized carbons (Fsp3) is 0.238. The van der Waals surface area contributed by atoms with Gasteiger partial charge in [-0.15, -0.1) is 0 Å². The van der Waals surface area contributed by atoms with Crippen molar-refractivity contribution in [2.24, 2.45) is 5.92 Å². The number of nitrogens with one attached hydrogen (secondary N) is 2. The van der Waals surface area contributed by atoms with E-state index in [0.717, 1.165) is 23.2 Å². The van der Waals surface area contributed by atoms with E-state index in [4.69, 9.17) is 0 Å². The quantitative estimate of drug-likeness (QED) is 0.814. The number of carboxylic acids is 1. The van der Waals surface area contributed by atoms with Gasteiger partial charge in [0.15, 0.2) is 0 Å². The number of carboxylic acid groups (broad SMARTS) is 1. The second-order valence-electron chi connectivity index (χ2n) is 6.88. The highest BCUT2D eigenvalue weighted by Gasteiger charge is 2.38. The Hall–Kier alpha value is -3.15. The Bertz CT molecular complexity index is 924. The van der Waals surface area contributed by atoms with Crippen LogP contribution in [-0.2, 0) is 4.79 Å². The van der Waals surface area contributed by atoms with Gasteiger partial charge in [0.1, 0.15) is 5.82 Å². The van der Waals surface area contributed by atoms with E-state index in [0.29, 0.717) is 5.56 Å². The van der Waals surface area contributed by atoms with Gasteiger partial charge in [-0.25, -0.2) is 4.39 Å². The fourth-order valence-corrected chi connectivity index (χ4v) is 3.99. The Kier molecular flexibility index (Phi) is 4.39. The van der Waals surface area contributed by atoms with Crippen LogP contribution in [0.3, 0.4) is 0 Å². The lowest BCUT2D eigenvalue weighted by Gasteiger charge is -2.37. The minimum absolute atomic E-state index is 0.0517. The molecular weight excluding hydrogens is 347 g/mol. The number of anilines is 1. The maximum atomic E-state index is 13.3. The molecule has 0 spiro atoms. The van der Waals surface area contributed by atoms with E-state index in [2.05, 4.69) is 22.8 Å². The zero-order chi connectivity index (χ0) is 19.0. The highest BCUT2D eigenvalue weighted by Crippen LogP contribution is 2.49. The second-order valence-corrected chi connectivity index (χ2v) is 6.88. The van der Waals surface area contributed by atoms with Crippen molar-refractivity contribution < 1.29 is 19.1 Å². The molecule has 2 aromatic carbocycles. The molecule has 2 aromatic rings. The minimum atomic E-state index is -1.33. The number of allylic oxidation sites excluding steroid dienone is 2. The molecular formula is C21H18FN2O3-. The molecule has 0 radical (unpaired) electrons. The van der Waals surface area contributed by atoms with Crippen molar-refractivity contribution in [3.05, 3.63) is 77.1 Å². The number of hydrogen-bond acceptors (Lipinski definition) is 4. The highest BCUT2D eigenvalue weighted by atomic mass is 19.1. The molecule has 0 aromatic heterocycles. The lowest BCUT2D eigenvalue weighted by Crippen LogP contribution is -2.37. The normalized spacial score (nSPS) is 22.5. The van der Waals surface area contributed by atoms with E-state index in [1.54, 1.807) is 24.3 Å². The Labute approximate surface area is 155 Å². The summed E-state index contributed by atoms with van der Waals surface area (Å²) in [4.78, 5) is 22.7. The molecule has 0 saturated heterocycles. The van der Waals surface area contributed by atoms with E-state index in [1.807, 2.05) is 6.07 Å². The van der Waals surface area contributed by atoms with Crippen LogP contribution in [0, 0.1) is 11.7 Å². The molecule has 27 heavy (non-hydrogen) atoms. The Morgan fingerprint density at radius 2 is 1.96 bits per heavy atom. The fourth-order valence-electron chi connectivity index (χ4n) is 3.99. The van der Waals surface area contributed by atoms with Gasteiger partial charge in [-0.05, 0) is 53.8 Å². The molecule has 2 aliphatic rings. The summed E-state index contributed by atoms with van der Waals surface area (Å²) in [5, 5.41) is 16.4. The number of amides is 1. The van der Waals surface area contributed by atoms with Crippen LogP contribution in [0.5, 0.6) is 0 Å². The van der Waals surface area contributed by atoms with Gasteiger partial charge in [0.25, 0.3) is 5.91 Å². The van der Waals surface area contributed by atoms with Crippen molar-refractivity contribution in [2.75, 3.05) is 11.9 Å². The Morgan fingerprint density at radius 1 is 1.19 bits per heavy atom. The summed E-state index contributed by atoms with van der Waals surface area (Å²) >= 11 is 0. The van der Waals surface area contributed by atoms with Crippen LogP contribution in [0.2, 0.25) is 0 Å². The van der Waals surface area contributed by atoms with Gasteiger partial charge in [-0.3, -0.25) is 4.79 Å². The molecule has 1 heterocycles. The summed E-state index contributed by atoms with van der Waals surface area (Å²) in [5.74, 6) is -1.62. The molecule has 1 aliphatic carbocycles. The first-order chi connectivity index (χ1) is 13.0. The SMILES string of the molecule is O=C([O-])CNC(=O)c1ccc2c(c1)[C@H]1C=CC[C@H]1[C@@H](c1ccc(F)cc1)N2. The molecule has 0 unspecified atom stereocenters. The molecule has 0 fully saturated rings. The molecule has 5 nitrogen and oxygen atoms in total. The maximum Gasteiger partial charge on any atom is 0.251 e. The van der Waals surface area contributed by atoms with Crippen LogP contribution in [0.25, 0.3) is 0 Å². The van der Waals surface area contributed by atoms with E-state index >= 15 is 0 Å². The topological polar surface area (TPSA) is 81.3 Å². The number of carbonyl (C=O) groups excluding carboxylic acids is 2. The molecule has 138 valence electrons. The van der Waals surface area contributed by atoms with E-state index in [1.165, 1.54) is 12.1 Å². The first-order valence-corrected chi connectivity index (χ1v) is 8.83. The summed E-state index contributed by atoms with van der Waals surface area (Å²) < 4.78 is 13.3. The third-order valence-electron chi connectivity index (χ3n) is 5.25. The number of benzene rings is 2. The molecule has 1 aliphatic heterocycles. The molecule has 0 saturated carbocycles. The van der Waals surface area contributed by atoms with Crippen LogP contribution >= 0.6 is 0 Å². The summed E-state index contributed by atoms with van der Waals surface area (Å²) in [6.07, 6.45) is 5.16. The van der Waals surface area contributed by atoms with E-state index in [-0.39, 0.29) is 23.7 Å². The lowest BCUT2D eigenvalue weighted by atomic mass is 9.76. The van der Waals surface area contributed by atoms with Crippen LogP contribution in [0.4, 0.5) is 10.1 Å². The second kappa shape index (κ2) is 6.87. The number of halogens is 1. The van der Waals surface area contributed by atoms with Crippen LogP contribution in [0.15, 0.2) is 54.6 Å². The smallest absolute Gasteiger partial charge is 0.251 e. The minimum Gasteiger partial charge on any atom is -0.548 e. The summed E-state index contributed by atoms with van der Waals surface area (Å²) in [6, 6.07) is 11.9. The van der Waals surface area contributed by atoms with Crippen molar-refractivity contribution in [1.29, 1.82) is 0 Å². The van der Waals surface area contributed by atoms with Gasteiger partial charge < -0.3 is 20.5 Å². The number of fused-ring (bicyclic) bond motifs is 3. The van der Waals surface area contributed by atoms with Crippen LogP contribution in [-0.4, -0.2) is 18.4 Å². The molecule has 0 bridgehead atoms.